The van der Waals surface area contributed by atoms with Gasteiger partial charge in [-0.1, -0.05) is 30.0 Å². The molecule has 0 saturated carbocycles. The van der Waals surface area contributed by atoms with Crippen LogP contribution < -0.4 is 10.6 Å². The molecule has 0 aliphatic rings. The number of anilines is 2. The van der Waals surface area contributed by atoms with Crippen molar-refractivity contribution in [1.29, 1.82) is 0 Å². The van der Waals surface area contributed by atoms with E-state index in [0.717, 1.165) is 0 Å². The molecule has 0 saturated heterocycles. The van der Waals surface area contributed by atoms with Crippen LogP contribution in [0.1, 0.15) is 12.7 Å². The predicted molar refractivity (Wildman–Crippen MR) is 117 cm³/mol. The van der Waals surface area contributed by atoms with Gasteiger partial charge in [0.1, 0.15) is 5.82 Å². The predicted octanol–water partition coefficient (Wildman–Crippen LogP) is 3.12. The van der Waals surface area contributed by atoms with E-state index in [1.54, 1.807) is 16.7 Å². The van der Waals surface area contributed by atoms with E-state index in [-0.39, 0.29) is 29.7 Å². The Morgan fingerprint density at radius 2 is 1.65 bits per heavy atom. The van der Waals surface area contributed by atoms with Crippen molar-refractivity contribution in [2.75, 3.05) is 16.4 Å². The van der Waals surface area contributed by atoms with E-state index in [2.05, 4.69) is 20.8 Å². The molecule has 2 aromatic carbocycles. The summed E-state index contributed by atoms with van der Waals surface area (Å²) in [5, 5.41) is 24.9. The van der Waals surface area contributed by atoms with Crippen LogP contribution in [0.25, 0.3) is 0 Å². The minimum absolute atomic E-state index is 0.0488. The molecule has 1 aromatic heterocycles. The van der Waals surface area contributed by atoms with E-state index in [1.165, 1.54) is 36.0 Å². The second-order valence-corrected chi connectivity index (χ2v) is 7.32. The zero-order chi connectivity index (χ0) is 22.2. The first-order chi connectivity index (χ1) is 15.0. The Hall–Kier alpha value is -3.73. The summed E-state index contributed by atoms with van der Waals surface area (Å²) in [6, 6.07) is 14.7. The average molecular weight is 440 g/mol. The number of nitrogens with one attached hydrogen (secondary N) is 2. The van der Waals surface area contributed by atoms with Crippen molar-refractivity contribution in [3.63, 3.8) is 0 Å². The Morgan fingerprint density at radius 1 is 1.00 bits per heavy atom. The summed E-state index contributed by atoms with van der Waals surface area (Å²) in [5.74, 6) is 0.0913. The molecule has 31 heavy (non-hydrogen) atoms. The number of aromatic nitrogens is 3. The number of rotatable bonds is 9. The van der Waals surface area contributed by atoms with Crippen molar-refractivity contribution in [3.05, 3.63) is 70.5 Å². The number of thioether (sulfide) groups is 1. The monoisotopic (exact) mass is 440 g/mol. The number of nitro benzene ring substituents is 1. The molecular weight excluding hydrogens is 420 g/mol. The van der Waals surface area contributed by atoms with E-state index < -0.39 is 4.92 Å². The highest BCUT2D eigenvalue weighted by atomic mass is 32.2. The van der Waals surface area contributed by atoms with E-state index in [1.807, 2.05) is 25.1 Å². The molecule has 0 bridgehead atoms. The second kappa shape index (κ2) is 10.3. The summed E-state index contributed by atoms with van der Waals surface area (Å²) in [6.07, 6.45) is 0.0608. The van der Waals surface area contributed by atoms with Crippen molar-refractivity contribution < 1.29 is 14.5 Å². The van der Waals surface area contributed by atoms with Crippen LogP contribution in [0.2, 0.25) is 0 Å². The lowest BCUT2D eigenvalue weighted by Gasteiger charge is -2.08. The molecule has 0 unspecified atom stereocenters. The van der Waals surface area contributed by atoms with Crippen LogP contribution in [0.5, 0.6) is 0 Å². The largest absolute Gasteiger partial charge is 0.326 e. The number of nitrogens with zero attached hydrogens (tertiary/aromatic N) is 4. The number of carbonyl (C=O) groups excluding carboxylic acids is 2. The Labute approximate surface area is 182 Å². The molecular formula is C20H20N6O4S. The maximum absolute atomic E-state index is 12.3. The van der Waals surface area contributed by atoms with E-state index in [0.29, 0.717) is 28.9 Å². The van der Waals surface area contributed by atoms with Crippen molar-refractivity contribution in [1.82, 2.24) is 14.8 Å². The lowest BCUT2D eigenvalue weighted by atomic mass is 10.3. The SMILES string of the molecule is CCn1c(CC(=O)Nc2ccccc2)nnc1SCC(=O)Nc1ccc([N+](=O)[O-])cc1. The zero-order valence-electron chi connectivity index (χ0n) is 16.6. The van der Waals surface area contributed by atoms with Gasteiger partial charge in [-0.15, -0.1) is 10.2 Å². The molecule has 1 heterocycles. The molecule has 0 fully saturated rings. The van der Waals surface area contributed by atoms with Gasteiger partial charge in [0.25, 0.3) is 5.69 Å². The molecule has 0 aliphatic carbocycles. The number of carbonyl (C=O) groups is 2. The summed E-state index contributed by atoms with van der Waals surface area (Å²) >= 11 is 1.20. The molecule has 2 N–H and O–H groups in total. The molecule has 0 atom stereocenters. The Bertz CT molecular complexity index is 1070. The number of hydrogen-bond acceptors (Lipinski definition) is 7. The van der Waals surface area contributed by atoms with Gasteiger partial charge in [-0.3, -0.25) is 19.7 Å². The van der Waals surface area contributed by atoms with E-state index in [4.69, 9.17) is 0 Å². The van der Waals surface area contributed by atoms with Crippen LogP contribution in [-0.2, 0) is 22.6 Å². The highest BCUT2D eigenvalue weighted by Crippen LogP contribution is 2.19. The highest BCUT2D eigenvalue weighted by molar-refractivity contribution is 7.99. The van der Waals surface area contributed by atoms with Gasteiger partial charge in [0, 0.05) is 30.1 Å². The number of hydrogen-bond donors (Lipinski definition) is 2. The van der Waals surface area contributed by atoms with Crippen LogP contribution in [0.4, 0.5) is 17.1 Å². The molecule has 11 heteroatoms. The first kappa shape index (κ1) is 22.0. The van der Waals surface area contributed by atoms with Crippen molar-refractivity contribution >= 4 is 40.6 Å². The van der Waals surface area contributed by atoms with Crippen molar-refractivity contribution in [2.45, 2.75) is 25.0 Å². The lowest BCUT2D eigenvalue weighted by molar-refractivity contribution is -0.384. The smallest absolute Gasteiger partial charge is 0.269 e. The summed E-state index contributed by atoms with van der Waals surface area (Å²) in [7, 11) is 0. The number of nitro groups is 1. The maximum Gasteiger partial charge on any atom is 0.269 e. The van der Waals surface area contributed by atoms with Crippen LogP contribution in [0, 0.1) is 10.1 Å². The van der Waals surface area contributed by atoms with Crippen LogP contribution in [0.15, 0.2) is 59.8 Å². The van der Waals surface area contributed by atoms with Gasteiger partial charge < -0.3 is 15.2 Å². The summed E-state index contributed by atoms with van der Waals surface area (Å²) in [6.45, 7) is 2.45. The number of para-hydroxylation sites is 1. The zero-order valence-corrected chi connectivity index (χ0v) is 17.5. The first-order valence-electron chi connectivity index (χ1n) is 9.40. The average Bonchev–Trinajstić information content (AvgIpc) is 3.14. The van der Waals surface area contributed by atoms with Gasteiger partial charge in [0.15, 0.2) is 5.16 Å². The third-order valence-electron chi connectivity index (χ3n) is 4.18. The summed E-state index contributed by atoms with van der Waals surface area (Å²) in [4.78, 5) is 34.7. The summed E-state index contributed by atoms with van der Waals surface area (Å²) < 4.78 is 1.79. The number of non-ortho nitro benzene ring substituents is 1. The van der Waals surface area contributed by atoms with E-state index >= 15 is 0 Å². The van der Waals surface area contributed by atoms with Crippen molar-refractivity contribution in [2.24, 2.45) is 0 Å². The number of benzene rings is 2. The Balaban J connectivity index is 1.55. The van der Waals surface area contributed by atoms with Gasteiger partial charge in [-0.2, -0.15) is 0 Å². The molecule has 0 aliphatic heterocycles. The van der Waals surface area contributed by atoms with Gasteiger partial charge in [-0.25, -0.2) is 0 Å². The van der Waals surface area contributed by atoms with Gasteiger partial charge in [-0.05, 0) is 31.2 Å². The first-order valence-corrected chi connectivity index (χ1v) is 10.4. The quantitative estimate of drug-likeness (QED) is 0.297. The molecule has 2 amide bonds. The fraction of sp³-hybridized carbons (Fsp3) is 0.200. The fourth-order valence-electron chi connectivity index (χ4n) is 2.74. The van der Waals surface area contributed by atoms with Gasteiger partial charge >= 0.3 is 0 Å². The highest BCUT2D eigenvalue weighted by Gasteiger charge is 2.16. The Morgan fingerprint density at radius 3 is 2.29 bits per heavy atom. The maximum atomic E-state index is 12.3. The molecule has 3 rings (SSSR count). The van der Waals surface area contributed by atoms with Gasteiger partial charge in [0.05, 0.1) is 17.1 Å². The molecule has 0 radical (unpaired) electrons. The van der Waals surface area contributed by atoms with Crippen LogP contribution in [0.3, 0.4) is 0 Å². The minimum Gasteiger partial charge on any atom is -0.326 e. The third-order valence-corrected chi connectivity index (χ3v) is 5.15. The molecule has 3 aromatic rings. The Kier molecular flexibility index (Phi) is 7.33. The van der Waals surface area contributed by atoms with Crippen LogP contribution in [-0.4, -0.2) is 37.3 Å². The van der Waals surface area contributed by atoms with E-state index in [9.17, 15) is 19.7 Å². The minimum atomic E-state index is -0.503. The standard InChI is InChI=1S/C20H20N6O4S/c1-2-25-17(12-18(27)21-14-6-4-3-5-7-14)23-24-20(25)31-13-19(28)22-15-8-10-16(11-9-15)26(29)30/h3-11H,2,12-13H2,1H3,(H,21,27)(H,22,28). The second-order valence-electron chi connectivity index (χ2n) is 6.37. The molecule has 10 nitrogen and oxygen atoms in total. The van der Waals surface area contributed by atoms with Crippen molar-refractivity contribution in [3.8, 4) is 0 Å². The van der Waals surface area contributed by atoms with Crippen LogP contribution >= 0.6 is 11.8 Å². The topological polar surface area (TPSA) is 132 Å². The van der Waals surface area contributed by atoms with Gasteiger partial charge in [0.2, 0.25) is 11.8 Å². The number of amides is 2. The lowest BCUT2D eigenvalue weighted by Crippen LogP contribution is -2.18. The molecule has 0 spiro atoms. The fourth-order valence-corrected chi connectivity index (χ4v) is 3.56. The summed E-state index contributed by atoms with van der Waals surface area (Å²) in [5.41, 5.74) is 1.12. The normalized spacial score (nSPS) is 10.5. The molecule has 160 valence electrons. The third kappa shape index (κ3) is 6.12.